The van der Waals surface area contributed by atoms with Crippen LogP contribution in [0.5, 0.6) is 0 Å². The first-order chi connectivity index (χ1) is 8.15. The molecule has 1 fully saturated rings. The lowest BCUT2D eigenvalue weighted by atomic mass is 10.0. The van der Waals surface area contributed by atoms with Crippen LogP contribution in [0, 0.1) is 0 Å². The molecule has 0 spiro atoms. The smallest absolute Gasteiger partial charge is 0.0806 e. The van der Waals surface area contributed by atoms with E-state index in [1.807, 2.05) is 18.2 Å². The summed E-state index contributed by atoms with van der Waals surface area (Å²) in [5.41, 5.74) is 0.859. The van der Waals surface area contributed by atoms with E-state index in [9.17, 15) is 5.11 Å². The van der Waals surface area contributed by atoms with Gasteiger partial charge in [-0.1, -0.05) is 23.7 Å². The Morgan fingerprint density at radius 1 is 1.53 bits per heavy atom. The quantitative estimate of drug-likeness (QED) is 0.870. The van der Waals surface area contributed by atoms with Crippen molar-refractivity contribution in [2.45, 2.75) is 31.5 Å². The molecular formula is C13H18ClNO2. The molecule has 1 heterocycles. The highest BCUT2D eigenvalue weighted by molar-refractivity contribution is 6.30. The molecule has 94 valence electrons. The molecule has 0 amide bonds. The van der Waals surface area contributed by atoms with Crippen LogP contribution in [0.15, 0.2) is 24.3 Å². The molecule has 3 unspecified atom stereocenters. The molecular weight excluding hydrogens is 238 g/mol. The summed E-state index contributed by atoms with van der Waals surface area (Å²) < 4.78 is 5.46. The third-order valence-corrected chi connectivity index (χ3v) is 3.18. The number of ether oxygens (including phenoxy) is 1. The lowest BCUT2D eigenvalue weighted by Crippen LogP contribution is -2.47. The van der Waals surface area contributed by atoms with Crippen LogP contribution >= 0.6 is 11.6 Å². The Labute approximate surface area is 107 Å². The van der Waals surface area contributed by atoms with Crippen LogP contribution in [0.2, 0.25) is 5.02 Å². The van der Waals surface area contributed by atoms with Gasteiger partial charge in [0, 0.05) is 17.1 Å². The third-order valence-electron chi connectivity index (χ3n) is 2.95. The molecule has 3 nitrogen and oxygen atoms in total. The average Bonchev–Trinajstić information content (AvgIpc) is 2.29. The molecule has 17 heavy (non-hydrogen) atoms. The molecule has 0 aromatic heterocycles. The number of aliphatic hydroxyl groups excluding tert-OH is 1. The number of halogens is 1. The fraction of sp³-hybridized carbons (Fsp3) is 0.538. The molecule has 1 aromatic rings. The van der Waals surface area contributed by atoms with Crippen LogP contribution in [-0.2, 0) is 4.74 Å². The summed E-state index contributed by atoms with van der Waals surface area (Å²) in [6.07, 6.45) is 0.144. The van der Waals surface area contributed by atoms with Gasteiger partial charge in [0.05, 0.1) is 19.3 Å². The van der Waals surface area contributed by atoms with E-state index >= 15 is 0 Å². The number of benzene rings is 1. The van der Waals surface area contributed by atoms with E-state index in [2.05, 4.69) is 12.2 Å². The summed E-state index contributed by atoms with van der Waals surface area (Å²) in [6.45, 7) is 3.48. The molecule has 3 atom stereocenters. The van der Waals surface area contributed by atoms with E-state index < -0.39 is 6.10 Å². The normalized spacial score (nSPS) is 26.8. The van der Waals surface area contributed by atoms with E-state index in [4.69, 9.17) is 16.3 Å². The van der Waals surface area contributed by atoms with Crippen molar-refractivity contribution in [1.82, 2.24) is 5.32 Å². The first kappa shape index (κ1) is 12.8. The van der Waals surface area contributed by atoms with Gasteiger partial charge in [-0.2, -0.15) is 0 Å². The van der Waals surface area contributed by atoms with Crippen LogP contribution in [0.4, 0.5) is 0 Å². The Kier molecular flexibility index (Phi) is 4.40. The van der Waals surface area contributed by atoms with Crippen molar-refractivity contribution in [3.8, 4) is 0 Å². The molecule has 2 N–H and O–H groups in total. The highest BCUT2D eigenvalue weighted by Crippen LogP contribution is 2.22. The minimum Gasteiger partial charge on any atom is -0.388 e. The largest absolute Gasteiger partial charge is 0.388 e. The maximum Gasteiger partial charge on any atom is 0.0806 e. The third kappa shape index (κ3) is 3.68. The Morgan fingerprint density at radius 3 is 3.06 bits per heavy atom. The van der Waals surface area contributed by atoms with Gasteiger partial charge in [-0.25, -0.2) is 0 Å². The fourth-order valence-electron chi connectivity index (χ4n) is 2.14. The number of hydrogen-bond acceptors (Lipinski definition) is 3. The van der Waals surface area contributed by atoms with E-state index in [0.29, 0.717) is 24.1 Å². The van der Waals surface area contributed by atoms with Gasteiger partial charge in [0.15, 0.2) is 0 Å². The van der Waals surface area contributed by atoms with Gasteiger partial charge in [0.1, 0.15) is 0 Å². The highest BCUT2D eigenvalue weighted by Gasteiger charge is 2.21. The maximum absolute atomic E-state index is 10.1. The van der Waals surface area contributed by atoms with Crippen LogP contribution in [0.1, 0.15) is 25.0 Å². The Bertz CT molecular complexity index is 372. The summed E-state index contributed by atoms with van der Waals surface area (Å²) in [5.74, 6) is 0. The number of nitrogens with one attached hydrogen (secondary N) is 1. The van der Waals surface area contributed by atoms with Gasteiger partial charge in [-0.15, -0.1) is 0 Å². The summed E-state index contributed by atoms with van der Waals surface area (Å²) in [6, 6.07) is 7.91. The summed E-state index contributed by atoms with van der Waals surface area (Å²) in [5, 5.41) is 14.2. The van der Waals surface area contributed by atoms with Crippen molar-refractivity contribution < 1.29 is 9.84 Å². The average molecular weight is 256 g/mol. The lowest BCUT2D eigenvalue weighted by Gasteiger charge is -2.30. The zero-order chi connectivity index (χ0) is 12.3. The first-order valence-electron chi connectivity index (χ1n) is 5.92. The van der Waals surface area contributed by atoms with Gasteiger partial charge in [-0.05, 0) is 31.0 Å². The molecule has 2 rings (SSSR count). The second kappa shape index (κ2) is 5.83. The minimum absolute atomic E-state index is 0.202. The van der Waals surface area contributed by atoms with E-state index in [1.165, 1.54) is 0 Å². The van der Waals surface area contributed by atoms with Gasteiger partial charge < -0.3 is 15.2 Å². The van der Waals surface area contributed by atoms with Crippen molar-refractivity contribution in [1.29, 1.82) is 0 Å². The van der Waals surface area contributed by atoms with Crippen molar-refractivity contribution in [2.24, 2.45) is 0 Å². The first-order valence-corrected chi connectivity index (χ1v) is 6.30. The Balaban J connectivity index is 1.94. The maximum atomic E-state index is 10.1. The summed E-state index contributed by atoms with van der Waals surface area (Å²) >= 11 is 5.90. The molecule has 0 saturated carbocycles. The molecule has 0 bridgehead atoms. The van der Waals surface area contributed by atoms with Crippen LogP contribution in [-0.4, -0.2) is 30.4 Å². The topological polar surface area (TPSA) is 41.5 Å². The number of aliphatic hydroxyl groups is 1. The minimum atomic E-state index is -0.500. The highest BCUT2D eigenvalue weighted by atomic mass is 35.5. The molecule has 1 aromatic carbocycles. The lowest BCUT2D eigenvalue weighted by molar-refractivity contribution is 0.0304. The molecule has 1 aliphatic heterocycles. The van der Waals surface area contributed by atoms with Crippen LogP contribution in [0.25, 0.3) is 0 Å². The van der Waals surface area contributed by atoms with E-state index in [1.54, 1.807) is 6.07 Å². The standard InChI is InChI=1S/C13H18ClNO2/c1-9-7-17-8-12(15-9)6-13(16)10-3-2-4-11(14)5-10/h2-5,9,12-13,15-16H,6-8H2,1H3. The van der Waals surface area contributed by atoms with Crippen molar-refractivity contribution in [3.63, 3.8) is 0 Å². The van der Waals surface area contributed by atoms with Gasteiger partial charge >= 0.3 is 0 Å². The van der Waals surface area contributed by atoms with E-state index in [-0.39, 0.29) is 6.04 Å². The van der Waals surface area contributed by atoms with Crippen LogP contribution in [0.3, 0.4) is 0 Å². The van der Waals surface area contributed by atoms with E-state index in [0.717, 1.165) is 12.2 Å². The molecule has 0 radical (unpaired) electrons. The Hall–Kier alpha value is -0.610. The van der Waals surface area contributed by atoms with Gasteiger partial charge in [0.2, 0.25) is 0 Å². The Morgan fingerprint density at radius 2 is 2.35 bits per heavy atom. The fourth-order valence-corrected chi connectivity index (χ4v) is 2.34. The molecule has 4 heteroatoms. The van der Waals surface area contributed by atoms with Crippen molar-refractivity contribution >= 4 is 11.6 Å². The predicted molar refractivity (Wildman–Crippen MR) is 68.2 cm³/mol. The zero-order valence-electron chi connectivity index (χ0n) is 9.90. The predicted octanol–water partition coefficient (Wildman–Crippen LogP) is 2.14. The monoisotopic (exact) mass is 255 g/mol. The van der Waals surface area contributed by atoms with Gasteiger partial charge in [0.25, 0.3) is 0 Å². The molecule has 1 saturated heterocycles. The van der Waals surface area contributed by atoms with Crippen LogP contribution < -0.4 is 5.32 Å². The summed E-state index contributed by atoms with van der Waals surface area (Å²) in [7, 11) is 0. The summed E-state index contributed by atoms with van der Waals surface area (Å²) in [4.78, 5) is 0. The number of rotatable bonds is 3. The zero-order valence-corrected chi connectivity index (χ0v) is 10.7. The second-order valence-corrected chi connectivity index (χ2v) is 5.05. The molecule has 1 aliphatic rings. The SMILES string of the molecule is CC1COCC(CC(O)c2cccc(Cl)c2)N1. The van der Waals surface area contributed by atoms with Gasteiger partial charge in [-0.3, -0.25) is 0 Å². The molecule has 0 aliphatic carbocycles. The van der Waals surface area contributed by atoms with Crippen molar-refractivity contribution in [2.75, 3.05) is 13.2 Å². The number of morpholine rings is 1. The van der Waals surface area contributed by atoms with Crippen molar-refractivity contribution in [3.05, 3.63) is 34.9 Å². The number of hydrogen-bond donors (Lipinski definition) is 2. The second-order valence-electron chi connectivity index (χ2n) is 4.61.